The maximum Gasteiger partial charge on any atom is 0.319 e. The van der Waals surface area contributed by atoms with Gasteiger partial charge in [-0.05, 0) is 12.1 Å². The first-order valence-electron chi connectivity index (χ1n) is 4.90. The number of halogens is 2. The number of rotatable bonds is 3. The Morgan fingerprint density at radius 1 is 1.39 bits per heavy atom. The summed E-state index contributed by atoms with van der Waals surface area (Å²) in [5, 5.41) is 0.124. The van der Waals surface area contributed by atoms with Crippen LogP contribution in [0.4, 0.5) is 10.1 Å². The Hall–Kier alpha value is -2.08. The molecule has 2 rings (SSSR count). The van der Waals surface area contributed by atoms with Crippen LogP contribution in [0.3, 0.4) is 0 Å². The maximum absolute atomic E-state index is 13.5. The minimum atomic E-state index is -0.608. The van der Waals surface area contributed by atoms with Gasteiger partial charge in [0.05, 0.1) is 19.0 Å². The number of nitrogens with zero attached hydrogens (tertiary/aromatic N) is 2. The Bertz CT molecular complexity index is 560. The van der Waals surface area contributed by atoms with Crippen LogP contribution in [0.1, 0.15) is 0 Å². The lowest BCUT2D eigenvalue weighted by atomic mass is 10.3. The monoisotopic (exact) mass is 269 g/mol. The highest BCUT2D eigenvalue weighted by atomic mass is 35.5. The van der Waals surface area contributed by atoms with Crippen molar-refractivity contribution in [2.24, 2.45) is 0 Å². The van der Waals surface area contributed by atoms with Crippen LogP contribution < -0.4 is 15.2 Å². The van der Waals surface area contributed by atoms with E-state index in [1.165, 1.54) is 31.5 Å². The Kier molecular flexibility index (Phi) is 3.47. The van der Waals surface area contributed by atoms with Crippen LogP contribution in [0.25, 0.3) is 0 Å². The van der Waals surface area contributed by atoms with Crippen molar-refractivity contribution in [3.8, 4) is 17.6 Å². The van der Waals surface area contributed by atoms with Gasteiger partial charge in [-0.25, -0.2) is 9.37 Å². The van der Waals surface area contributed by atoms with Crippen LogP contribution in [-0.2, 0) is 0 Å². The molecule has 0 aliphatic carbocycles. The highest BCUT2D eigenvalue weighted by Gasteiger charge is 2.13. The van der Waals surface area contributed by atoms with Gasteiger partial charge in [-0.1, -0.05) is 17.7 Å². The van der Waals surface area contributed by atoms with E-state index in [1.54, 1.807) is 0 Å². The molecule has 0 saturated heterocycles. The van der Waals surface area contributed by atoms with E-state index in [4.69, 9.17) is 26.8 Å². The number of para-hydroxylation sites is 1. The van der Waals surface area contributed by atoms with Crippen molar-refractivity contribution in [1.29, 1.82) is 0 Å². The van der Waals surface area contributed by atoms with Gasteiger partial charge in [0.1, 0.15) is 5.02 Å². The lowest BCUT2D eigenvalue weighted by Gasteiger charge is -2.09. The predicted molar refractivity (Wildman–Crippen MR) is 64.5 cm³/mol. The van der Waals surface area contributed by atoms with E-state index in [2.05, 4.69) is 9.97 Å². The third kappa shape index (κ3) is 2.43. The van der Waals surface area contributed by atoms with Crippen molar-refractivity contribution in [3.63, 3.8) is 0 Å². The lowest BCUT2D eigenvalue weighted by molar-refractivity contribution is 0.363. The molecule has 2 aromatic rings. The number of methoxy groups -OCH3 is 1. The van der Waals surface area contributed by atoms with Gasteiger partial charge < -0.3 is 15.2 Å². The SMILES string of the molecule is COc1ncc(Cl)c(Oc2c(N)cccc2F)n1. The second-order valence-corrected chi connectivity index (χ2v) is 3.68. The number of benzene rings is 1. The zero-order valence-corrected chi connectivity index (χ0v) is 10.1. The zero-order chi connectivity index (χ0) is 13.1. The fourth-order valence-corrected chi connectivity index (χ4v) is 1.37. The largest absolute Gasteiger partial charge is 0.467 e. The number of anilines is 1. The summed E-state index contributed by atoms with van der Waals surface area (Å²) < 4.78 is 23.6. The molecule has 0 saturated carbocycles. The van der Waals surface area contributed by atoms with Crippen molar-refractivity contribution in [3.05, 3.63) is 35.2 Å². The Labute approximate surface area is 107 Å². The first-order chi connectivity index (χ1) is 8.61. The topological polar surface area (TPSA) is 70.3 Å². The van der Waals surface area contributed by atoms with Crippen molar-refractivity contribution < 1.29 is 13.9 Å². The van der Waals surface area contributed by atoms with Crippen LogP contribution in [0.15, 0.2) is 24.4 Å². The standard InChI is InChI=1S/C11H9ClFN3O2/c1-17-11-15-5-6(12)10(16-11)18-9-7(13)3-2-4-8(9)14/h2-5H,14H2,1H3. The average Bonchev–Trinajstić information content (AvgIpc) is 2.36. The van der Waals surface area contributed by atoms with Gasteiger partial charge in [-0.2, -0.15) is 4.98 Å². The van der Waals surface area contributed by atoms with Gasteiger partial charge in [0.25, 0.3) is 0 Å². The summed E-state index contributed by atoms with van der Waals surface area (Å²) in [5.41, 5.74) is 5.75. The number of nitrogens with two attached hydrogens (primary N) is 1. The maximum atomic E-state index is 13.5. The van der Waals surface area contributed by atoms with Crippen LogP contribution in [0, 0.1) is 5.82 Å². The molecule has 5 nitrogen and oxygen atoms in total. The van der Waals surface area contributed by atoms with Gasteiger partial charge in [0, 0.05) is 0 Å². The molecule has 0 radical (unpaired) electrons. The predicted octanol–water partition coefficient (Wildman–Crippen LogP) is 2.65. The van der Waals surface area contributed by atoms with E-state index >= 15 is 0 Å². The third-order valence-corrected chi connectivity index (χ3v) is 2.33. The van der Waals surface area contributed by atoms with E-state index in [1.807, 2.05) is 0 Å². The third-order valence-electron chi connectivity index (χ3n) is 2.07. The smallest absolute Gasteiger partial charge is 0.319 e. The van der Waals surface area contributed by atoms with Gasteiger partial charge in [0.15, 0.2) is 11.6 Å². The van der Waals surface area contributed by atoms with E-state index in [-0.39, 0.29) is 28.3 Å². The van der Waals surface area contributed by atoms with E-state index in [0.717, 1.165) is 0 Å². The molecule has 0 fully saturated rings. The normalized spacial score (nSPS) is 10.2. The van der Waals surface area contributed by atoms with Crippen LogP contribution >= 0.6 is 11.6 Å². The molecule has 0 atom stereocenters. The zero-order valence-electron chi connectivity index (χ0n) is 9.35. The summed E-state index contributed by atoms with van der Waals surface area (Å²) in [7, 11) is 1.39. The molecule has 1 aromatic carbocycles. The number of hydrogen-bond acceptors (Lipinski definition) is 5. The second-order valence-electron chi connectivity index (χ2n) is 3.27. The number of aromatic nitrogens is 2. The molecule has 1 heterocycles. The molecule has 0 aliphatic rings. The van der Waals surface area contributed by atoms with E-state index in [9.17, 15) is 4.39 Å². The summed E-state index contributed by atoms with van der Waals surface area (Å²) >= 11 is 5.84. The Morgan fingerprint density at radius 3 is 2.83 bits per heavy atom. The molecule has 0 bridgehead atoms. The summed E-state index contributed by atoms with van der Waals surface area (Å²) in [6.07, 6.45) is 1.29. The average molecular weight is 270 g/mol. The number of ether oxygens (including phenoxy) is 2. The van der Waals surface area contributed by atoms with E-state index < -0.39 is 5.82 Å². The highest BCUT2D eigenvalue weighted by molar-refractivity contribution is 6.31. The molecule has 0 spiro atoms. The molecular formula is C11H9ClFN3O2. The van der Waals surface area contributed by atoms with Gasteiger partial charge in [-0.3, -0.25) is 0 Å². The van der Waals surface area contributed by atoms with Gasteiger partial charge >= 0.3 is 6.01 Å². The first kappa shape index (κ1) is 12.4. The van der Waals surface area contributed by atoms with Crippen LogP contribution in [-0.4, -0.2) is 17.1 Å². The minimum Gasteiger partial charge on any atom is -0.467 e. The molecule has 94 valence electrons. The fourth-order valence-electron chi connectivity index (χ4n) is 1.24. The summed E-state index contributed by atoms with van der Waals surface area (Å²) in [5.74, 6) is -0.774. The summed E-state index contributed by atoms with van der Waals surface area (Å²) in [6, 6.07) is 4.26. The molecule has 2 N–H and O–H groups in total. The number of hydrogen-bond donors (Lipinski definition) is 1. The van der Waals surface area contributed by atoms with Crippen molar-refractivity contribution in [1.82, 2.24) is 9.97 Å². The molecule has 1 aromatic heterocycles. The summed E-state index contributed by atoms with van der Waals surface area (Å²) in [4.78, 5) is 7.63. The molecule has 18 heavy (non-hydrogen) atoms. The molecule has 7 heteroatoms. The summed E-state index contributed by atoms with van der Waals surface area (Å²) in [6.45, 7) is 0. The molecule has 0 amide bonds. The van der Waals surface area contributed by atoms with Gasteiger partial charge in [-0.15, -0.1) is 0 Å². The fraction of sp³-hybridized carbons (Fsp3) is 0.0909. The van der Waals surface area contributed by atoms with Crippen LogP contribution in [0.5, 0.6) is 17.6 Å². The van der Waals surface area contributed by atoms with Crippen molar-refractivity contribution in [2.75, 3.05) is 12.8 Å². The Morgan fingerprint density at radius 2 is 2.17 bits per heavy atom. The first-order valence-corrected chi connectivity index (χ1v) is 5.28. The molecular weight excluding hydrogens is 261 g/mol. The van der Waals surface area contributed by atoms with Crippen LogP contribution in [0.2, 0.25) is 5.02 Å². The minimum absolute atomic E-state index is 0.0275. The van der Waals surface area contributed by atoms with Crippen molar-refractivity contribution >= 4 is 17.3 Å². The molecule has 0 unspecified atom stereocenters. The number of nitrogen functional groups attached to an aromatic ring is 1. The van der Waals surface area contributed by atoms with E-state index in [0.29, 0.717) is 0 Å². The van der Waals surface area contributed by atoms with Gasteiger partial charge in [0.2, 0.25) is 5.88 Å². The Balaban J connectivity index is 2.39. The van der Waals surface area contributed by atoms with Crippen molar-refractivity contribution in [2.45, 2.75) is 0 Å². The second kappa shape index (κ2) is 5.05. The lowest BCUT2D eigenvalue weighted by Crippen LogP contribution is -1.99. The quantitative estimate of drug-likeness (QED) is 0.868. The highest BCUT2D eigenvalue weighted by Crippen LogP contribution is 2.33. The molecule has 0 aliphatic heterocycles.